The molecule has 4 aliphatic carbocycles. The molecule has 0 saturated heterocycles. The van der Waals surface area contributed by atoms with Gasteiger partial charge < -0.3 is 5.73 Å². The molecule has 0 aromatic carbocycles. The van der Waals surface area contributed by atoms with Gasteiger partial charge in [0, 0.05) is 6.04 Å². The van der Waals surface area contributed by atoms with Crippen LogP contribution < -0.4 is 5.73 Å². The van der Waals surface area contributed by atoms with Gasteiger partial charge in [-0.15, -0.1) is 0 Å². The molecule has 0 aromatic rings. The fourth-order valence-electron chi connectivity index (χ4n) is 4.13. The van der Waals surface area contributed by atoms with Crippen molar-refractivity contribution in [2.45, 2.75) is 43.7 Å². The molecule has 0 heterocycles. The van der Waals surface area contributed by atoms with Crippen molar-refractivity contribution in [1.82, 2.24) is 0 Å². The molecule has 0 amide bonds. The van der Waals surface area contributed by atoms with E-state index in [0.717, 1.165) is 25.2 Å². The second kappa shape index (κ2) is 2.32. The minimum Gasteiger partial charge on any atom is -0.327 e. The van der Waals surface area contributed by atoms with Gasteiger partial charge >= 0.3 is 0 Å². The quantitative estimate of drug-likeness (QED) is 0.624. The molecule has 0 spiro atoms. The lowest BCUT2D eigenvalue weighted by atomic mass is 9.51. The van der Waals surface area contributed by atoms with Crippen LogP contribution in [0.3, 0.4) is 0 Å². The van der Waals surface area contributed by atoms with Gasteiger partial charge in [-0.3, -0.25) is 0 Å². The summed E-state index contributed by atoms with van der Waals surface area (Å²) in [6.07, 6.45) is 5.52. The highest BCUT2D eigenvalue weighted by Gasteiger charge is 2.55. The number of nitroso groups, excluding NO2 is 1. The van der Waals surface area contributed by atoms with E-state index >= 15 is 0 Å². The Kier molecular flexibility index (Phi) is 1.41. The number of hydrogen-bond acceptors (Lipinski definition) is 3. The zero-order chi connectivity index (χ0) is 9.05. The van der Waals surface area contributed by atoms with Gasteiger partial charge in [0.25, 0.3) is 0 Å². The lowest BCUT2D eigenvalue weighted by Gasteiger charge is -2.56. The summed E-state index contributed by atoms with van der Waals surface area (Å²) in [7, 11) is 0. The molecule has 4 rings (SSSR count). The Hall–Kier alpha value is -0.440. The van der Waals surface area contributed by atoms with Crippen molar-refractivity contribution >= 4 is 0 Å². The van der Waals surface area contributed by atoms with E-state index in [4.69, 9.17) is 5.73 Å². The van der Waals surface area contributed by atoms with E-state index < -0.39 is 0 Å². The molecular formula is C10H16N2O. The summed E-state index contributed by atoms with van der Waals surface area (Å²) in [4.78, 5) is 10.9. The molecule has 4 fully saturated rings. The summed E-state index contributed by atoms with van der Waals surface area (Å²) < 4.78 is 0. The zero-order valence-electron chi connectivity index (χ0n) is 7.78. The van der Waals surface area contributed by atoms with Crippen LogP contribution in [0.1, 0.15) is 32.1 Å². The van der Waals surface area contributed by atoms with Gasteiger partial charge in [-0.05, 0) is 49.9 Å². The van der Waals surface area contributed by atoms with Crippen LogP contribution in [0.15, 0.2) is 5.18 Å². The first-order valence-corrected chi connectivity index (χ1v) is 5.32. The highest BCUT2D eigenvalue weighted by molar-refractivity contribution is 5.10. The van der Waals surface area contributed by atoms with E-state index in [1.165, 1.54) is 12.8 Å². The number of hydrogen-bond donors (Lipinski definition) is 1. The maximum Gasteiger partial charge on any atom is 0.104 e. The second-order valence-corrected chi connectivity index (χ2v) is 5.36. The molecule has 0 radical (unpaired) electrons. The van der Waals surface area contributed by atoms with Crippen LogP contribution in [0.5, 0.6) is 0 Å². The lowest BCUT2D eigenvalue weighted by Crippen LogP contribution is -2.58. The summed E-state index contributed by atoms with van der Waals surface area (Å²) in [6, 6.07) is 0.367. The number of nitrogens with zero attached hydrogens (tertiary/aromatic N) is 1. The molecule has 2 N–H and O–H groups in total. The number of rotatable bonds is 1. The fourth-order valence-corrected chi connectivity index (χ4v) is 4.13. The van der Waals surface area contributed by atoms with Crippen molar-refractivity contribution in [2.24, 2.45) is 28.7 Å². The predicted molar refractivity (Wildman–Crippen MR) is 50.1 cm³/mol. The summed E-state index contributed by atoms with van der Waals surface area (Å²) in [5.74, 6) is 1.96. The molecule has 3 heteroatoms. The maximum atomic E-state index is 10.9. The van der Waals surface area contributed by atoms with Gasteiger partial charge in [0.05, 0.1) is 0 Å². The Morgan fingerprint density at radius 3 is 2.31 bits per heavy atom. The van der Waals surface area contributed by atoms with Crippen molar-refractivity contribution in [3.63, 3.8) is 0 Å². The monoisotopic (exact) mass is 180 g/mol. The van der Waals surface area contributed by atoms with E-state index in [0.29, 0.717) is 17.9 Å². The molecular weight excluding hydrogens is 164 g/mol. The Labute approximate surface area is 78.0 Å². The van der Waals surface area contributed by atoms with E-state index in [2.05, 4.69) is 5.18 Å². The normalized spacial score (nSPS) is 58.2. The highest BCUT2D eigenvalue weighted by atomic mass is 16.3. The van der Waals surface area contributed by atoms with E-state index in [9.17, 15) is 4.91 Å². The first-order valence-electron chi connectivity index (χ1n) is 5.32. The largest absolute Gasteiger partial charge is 0.327 e. The summed E-state index contributed by atoms with van der Waals surface area (Å²) >= 11 is 0. The van der Waals surface area contributed by atoms with Crippen molar-refractivity contribution in [1.29, 1.82) is 0 Å². The van der Waals surface area contributed by atoms with Crippen molar-refractivity contribution in [3.8, 4) is 0 Å². The molecule has 0 aromatic heterocycles. The summed E-state index contributed by atoms with van der Waals surface area (Å²) in [5.41, 5.74) is 5.95. The third kappa shape index (κ3) is 0.938. The third-order valence-corrected chi connectivity index (χ3v) is 4.51. The number of nitrogens with two attached hydrogens (primary N) is 1. The molecule has 2 unspecified atom stereocenters. The SMILES string of the molecule is NC1C2CC3CC1CC(N=O)(C3)C2. The van der Waals surface area contributed by atoms with E-state index in [1.807, 2.05) is 0 Å². The molecule has 2 atom stereocenters. The van der Waals surface area contributed by atoms with Gasteiger partial charge in [-0.1, -0.05) is 5.18 Å². The van der Waals surface area contributed by atoms with Crippen LogP contribution in [0.4, 0.5) is 0 Å². The molecule has 0 aliphatic heterocycles. The van der Waals surface area contributed by atoms with Gasteiger partial charge in [0.2, 0.25) is 0 Å². The summed E-state index contributed by atoms with van der Waals surface area (Å²) in [6.45, 7) is 0. The van der Waals surface area contributed by atoms with E-state index in [1.54, 1.807) is 0 Å². The van der Waals surface area contributed by atoms with Crippen LogP contribution in [0.25, 0.3) is 0 Å². The molecule has 72 valence electrons. The highest BCUT2D eigenvalue weighted by Crippen LogP contribution is 2.56. The zero-order valence-corrected chi connectivity index (χ0v) is 7.78. The van der Waals surface area contributed by atoms with Crippen LogP contribution >= 0.6 is 0 Å². The van der Waals surface area contributed by atoms with E-state index in [-0.39, 0.29) is 5.54 Å². The van der Waals surface area contributed by atoms with Crippen molar-refractivity contribution in [2.75, 3.05) is 0 Å². The van der Waals surface area contributed by atoms with Gasteiger partial charge in [-0.2, -0.15) is 4.91 Å². The van der Waals surface area contributed by atoms with Crippen molar-refractivity contribution < 1.29 is 0 Å². The molecule has 13 heavy (non-hydrogen) atoms. The minimum absolute atomic E-state index is 0.188. The topological polar surface area (TPSA) is 55.4 Å². The van der Waals surface area contributed by atoms with Crippen LogP contribution in [-0.2, 0) is 0 Å². The van der Waals surface area contributed by atoms with Crippen LogP contribution in [-0.4, -0.2) is 11.6 Å². The predicted octanol–water partition coefficient (Wildman–Crippen LogP) is 1.66. The molecule has 4 aliphatic rings. The van der Waals surface area contributed by atoms with Gasteiger partial charge in [0.1, 0.15) is 5.54 Å². The molecule has 4 bridgehead atoms. The maximum absolute atomic E-state index is 10.9. The Balaban J connectivity index is 1.96. The lowest BCUT2D eigenvalue weighted by molar-refractivity contribution is -0.0168. The Morgan fingerprint density at radius 1 is 1.15 bits per heavy atom. The van der Waals surface area contributed by atoms with Gasteiger partial charge in [0.15, 0.2) is 0 Å². The molecule has 4 saturated carbocycles. The van der Waals surface area contributed by atoms with Crippen LogP contribution in [0, 0.1) is 22.7 Å². The average Bonchev–Trinajstić information content (AvgIpc) is 2.13. The Morgan fingerprint density at radius 2 is 1.77 bits per heavy atom. The van der Waals surface area contributed by atoms with Crippen molar-refractivity contribution in [3.05, 3.63) is 4.91 Å². The first-order chi connectivity index (χ1) is 6.22. The van der Waals surface area contributed by atoms with Crippen LogP contribution in [0.2, 0.25) is 0 Å². The summed E-state index contributed by atoms with van der Waals surface area (Å²) in [5, 5.41) is 3.41. The van der Waals surface area contributed by atoms with Gasteiger partial charge in [-0.25, -0.2) is 0 Å². The minimum atomic E-state index is -0.188. The standard InChI is InChI=1S/C10H16N2O/c11-9-7-1-6-2-8(9)5-10(3-6,4-7)12-13/h6-9H,1-5,11H2. The second-order valence-electron chi connectivity index (χ2n) is 5.36. The average molecular weight is 180 g/mol. The molecule has 3 nitrogen and oxygen atoms in total. The Bertz CT molecular complexity index is 237. The smallest absolute Gasteiger partial charge is 0.104 e. The fraction of sp³-hybridized carbons (Fsp3) is 1.00. The third-order valence-electron chi connectivity index (χ3n) is 4.51. The first kappa shape index (κ1) is 7.92.